The second-order valence-electron chi connectivity index (χ2n) is 7.41. The number of benzene rings is 3. The first-order valence-corrected chi connectivity index (χ1v) is 11.3. The molecular weight excluding hydrogens is 425 g/mol. The molecule has 2 heterocycles. The average molecular weight is 446 g/mol. The number of aryl methyl sites for hydroxylation is 1. The van der Waals surface area contributed by atoms with Gasteiger partial charge in [0, 0.05) is 40.1 Å². The molecule has 0 atom stereocenters. The molecule has 0 unspecified atom stereocenters. The summed E-state index contributed by atoms with van der Waals surface area (Å²) in [6, 6.07) is 20.0. The number of carbonyl (C=O) groups is 1. The largest absolute Gasteiger partial charge is 0.345 e. The van der Waals surface area contributed by atoms with Crippen molar-refractivity contribution in [1.29, 1.82) is 0 Å². The molecule has 0 bridgehead atoms. The van der Waals surface area contributed by atoms with E-state index in [9.17, 15) is 9.18 Å². The molecule has 1 N–H and O–H groups in total. The van der Waals surface area contributed by atoms with Gasteiger partial charge >= 0.3 is 0 Å². The summed E-state index contributed by atoms with van der Waals surface area (Å²) in [7, 11) is 2.02. The van der Waals surface area contributed by atoms with Crippen LogP contribution in [-0.4, -0.2) is 31.5 Å². The van der Waals surface area contributed by atoms with Crippen LogP contribution in [0, 0.1) is 5.82 Å². The van der Waals surface area contributed by atoms with Crippen LogP contribution < -0.4 is 5.32 Å². The maximum absolute atomic E-state index is 13.4. The zero-order chi connectivity index (χ0) is 22.2. The minimum atomic E-state index is -0.314. The number of carbonyl (C=O) groups excluding carboxylic acids is 1. The number of para-hydroxylation sites is 1. The minimum Gasteiger partial charge on any atom is -0.345 e. The maximum atomic E-state index is 13.4. The van der Waals surface area contributed by atoms with Crippen molar-refractivity contribution in [2.75, 3.05) is 6.26 Å². The lowest BCUT2D eigenvalue weighted by Gasteiger charge is -2.10. The second-order valence-corrected chi connectivity index (χ2v) is 8.18. The van der Waals surface area contributed by atoms with Crippen LogP contribution in [0.5, 0.6) is 0 Å². The third kappa shape index (κ3) is 3.42. The highest BCUT2D eigenvalue weighted by Crippen LogP contribution is 2.28. The van der Waals surface area contributed by atoms with Crippen molar-refractivity contribution in [2.24, 2.45) is 7.05 Å². The zero-order valence-corrected chi connectivity index (χ0v) is 18.4. The topological polar surface area (TPSA) is 64.7 Å². The molecule has 32 heavy (non-hydrogen) atoms. The zero-order valence-electron chi connectivity index (χ0n) is 17.5. The lowest BCUT2D eigenvalue weighted by atomic mass is 10.1. The van der Waals surface area contributed by atoms with Crippen molar-refractivity contribution < 1.29 is 9.18 Å². The number of amides is 1. The molecule has 5 aromatic rings. The monoisotopic (exact) mass is 445 g/mol. The number of thioether (sulfide) groups is 1. The Morgan fingerprint density at radius 2 is 1.75 bits per heavy atom. The molecule has 160 valence electrons. The van der Waals surface area contributed by atoms with Gasteiger partial charge in [-0.2, -0.15) is 0 Å². The van der Waals surface area contributed by atoms with Crippen LogP contribution >= 0.6 is 11.8 Å². The predicted octanol–water partition coefficient (Wildman–Crippen LogP) is 4.70. The molecule has 0 saturated carbocycles. The van der Waals surface area contributed by atoms with Gasteiger partial charge in [0.15, 0.2) is 11.0 Å². The van der Waals surface area contributed by atoms with E-state index in [4.69, 9.17) is 0 Å². The van der Waals surface area contributed by atoms with Gasteiger partial charge < -0.3 is 9.88 Å². The first-order valence-electron chi connectivity index (χ1n) is 10.1. The Bertz CT molecular complexity index is 1460. The van der Waals surface area contributed by atoms with Gasteiger partial charge in [-0.3, -0.25) is 9.36 Å². The Labute approximate surface area is 188 Å². The molecule has 8 heteroatoms. The van der Waals surface area contributed by atoms with E-state index in [0.717, 1.165) is 27.5 Å². The fourth-order valence-electron chi connectivity index (χ4n) is 3.97. The molecule has 0 radical (unpaired) electrons. The standard InChI is InChI=1S/C24H20FN5OS/c1-29-20-6-4-3-5-18(20)19-13-15(7-12-21(19)29)23(31)26-14-22-27-28-24(32-2)30(22)17-10-8-16(25)9-11-17/h3-13H,14H2,1-2H3,(H,26,31). The smallest absolute Gasteiger partial charge is 0.251 e. The summed E-state index contributed by atoms with van der Waals surface area (Å²) in [5.74, 6) is 0.0611. The molecular formula is C24H20FN5OS. The van der Waals surface area contributed by atoms with Gasteiger partial charge in [-0.25, -0.2) is 4.39 Å². The first kappa shape index (κ1) is 20.3. The van der Waals surface area contributed by atoms with Crippen molar-refractivity contribution in [1.82, 2.24) is 24.6 Å². The highest BCUT2D eigenvalue weighted by molar-refractivity contribution is 7.98. The SMILES string of the molecule is CSc1nnc(CNC(=O)c2ccc3c(c2)c2ccccc2n3C)n1-c1ccc(F)cc1. The van der Waals surface area contributed by atoms with E-state index in [1.54, 1.807) is 12.1 Å². The Morgan fingerprint density at radius 3 is 2.53 bits per heavy atom. The van der Waals surface area contributed by atoms with E-state index in [0.29, 0.717) is 16.5 Å². The molecule has 0 aliphatic rings. The van der Waals surface area contributed by atoms with E-state index in [1.807, 2.05) is 48.2 Å². The molecule has 1 amide bonds. The van der Waals surface area contributed by atoms with Gasteiger partial charge in [-0.1, -0.05) is 30.0 Å². The fraction of sp³-hybridized carbons (Fsp3) is 0.125. The molecule has 6 nitrogen and oxygen atoms in total. The number of hydrogen-bond acceptors (Lipinski definition) is 4. The van der Waals surface area contributed by atoms with Crippen LogP contribution in [0.2, 0.25) is 0 Å². The number of nitrogens with one attached hydrogen (secondary N) is 1. The van der Waals surface area contributed by atoms with Crippen LogP contribution in [0.4, 0.5) is 4.39 Å². The maximum Gasteiger partial charge on any atom is 0.251 e. The fourth-order valence-corrected chi connectivity index (χ4v) is 4.48. The van der Waals surface area contributed by atoms with E-state index in [1.165, 1.54) is 23.9 Å². The quantitative estimate of drug-likeness (QED) is 0.398. The summed E-state index contributed by atoms with van der Waals surface area (Å²) < 4.78 is 17.3. The molecule has 0 spiro atoms. The normalized spacial score (nSPS) is 11.3. The molecule has 0 saturated heterocycles. The summed E-state index contributed by atoms with van der Waals surface area (Å²) in [5.41, 5.74) is 3.51. The predicted molar refractivity (Wildman–Crippen MR) is 125 cm³/mol. The van der Waals surface area contributed by atoms with Gasteiger partial charge in [0.05, 0.1) is 6.54 Å². The molecule has 5 rings (SSSR count). The second kappa shape index (κ2) is 8.12. The van der Waals surface area contributed by atoms with Crippen LogP contribution in [0.1, 0.15) is 16.2 Å². The third-order valence-electron chi connectivity index (χ3n) is 5.55. The van der Waals surface area contributed by atoms with Crippen molar-refractivity contribution in [3.05, 3.63) is 83.9 Å². The highest BCUT2D eigenvalue weighted by Gasteiger charge is 2.16. The van der Waals surface area contributed by atoms with Gasteiger partial charge in [-0.05, 0) is 54.8 Å². The van der Waals surface area contributed by atoms with Crippen molar-refractivity contribution in [2.45, 2.75) is 11.7 Å². The highest BCUT2D eigenvalue weighted by atomic mass is 32.2. The summed E-state index contributed by atoms with van der Waals surface area (Å²) in [5, 5.41) is 14.2. The summed E-state index contributed by atoms with van der Waals surface area (Å²) in [6.45, 7) is 0.192. The number of rotatable bonds is 5. The van der Waals surface area contributed by atoms with Gasteiger partial charge in [0.25, 0.3) is 5.91 Å². The van der Waals surface area contributed by atoms with Gasteiger partial charge in [-0.15, -0.1) is 10.2 Å². The Balaban J connectivity index is 1.43. The van der Waals surface area contributed by atoms with Crippen molar-refractivity contribution in [3.63, 3.8) is 0 Å². The number of halogens is 1. The summed E-state index contributed by atoms with van der Waals surface area (Å²) in [4.78, 5) is 12.9. The number of nitrogens with zero attached hydrogens (tertiary/aromatic N) is 4. The Kier molecular flexibility index (Phi) is 5.14. The molecule has 2 aromatic heterocycles. The van der Waals surface area contributed by atoms with Crippen LogP contribution in [-0.2, 0) is 13.6 Å². The van der Waals surface area contributed by atoms with E-state index >= 15 is 0 Å². The average Bonchev–Trinajstić information content (AvgIpc) is 3.37. The van der Waals surface area contributed by atoms with Crippen LogP contribution in [0.25, 0.3) is 27.5 Å². The third-order valence-corrected chi connectivity index (χ3v) is 6.18. The van der Waals surface area contributed by atoms with Gasteiger partial charge in [0.2, 0.25) is 0 Å². The van der Waals surface area contributed by atoms with Crippen LogP contribution in [0.15, 0.2) is 71.9 Å². The Hall–Kier alpha value is -3.65. The van der Waals surface area contributed by atoms with Gasteiger partial charge in [0.1, 0.15) is 5.82 Å². The lowest BCUT2D eigenvalue weighted by Crippen LogP contribution is -2.24. The molecule has 3 aromatic carbocycles. The summed E-state index contributed by atoms with van der Waals surface area (Å²) >= 11 is 1.43. The van der Waals surface area contributed by atoms with Crippen molar-refractivity contribution >= 4 is 39.5 Å². The summed E-state index contributed by atoms with van der Waals surface area (Å²) in [6.07, 6.45) is 1.89. The number of hydrogen-bond donors (Lipinski definition) is 1. The lowest BCUT2D eigenvalue weighted by molar-refractivity contribution is 0.0950. The number of fused-ring (bicyclic) bond motifs is 3. The Morgan fingerprint density at radius 1 is 1.00 bits per heavy atom. The molecule has 0 aliphatic heterocycles. The number of aromatic nitrogens is 4. The van der Waals surface area contributed by atoms with E-state index in [-0.39, 0.29) is 18.3 Å². The first-order chi connectivity index (χ1) is 15.6. The minimum absolute atomic E-state index is 0.192. The van der Waals surface area contributed by atoms with Crippen molar-refractivity contribution in [3.8, 4) is 5.69 Å². The molecule has 0 fully saturated rings. The van der Waals surface area contributed by atoms with E-state index in [2.05, 4.69) is 32.2 Å². The van der Waals surface area contributed by atoms with Crippen LogP contribution in [0.3, 0.4) is 0 Å². The van der Waals surface area contributed by atoms with E-state index < -0.39 is 0 Å². The molecule has 0 aliphatic carbocycles.